The van der Waals surface area contributed by atoms with Crippen LogP contribution in [0.2, 0.25) is 0 Å². The molecule has 154 valence electrons. The van der Waals surface area contributed by atoms with Crippen LogP contribution in [0, 0.1) is 13.8 Å². The van der Waals surface area contributed by atoms with Gasteiger partial charge in [-0.2, -0.15) is 0 Å². The normalized spacial score (nSPS) is 13.9. The number of rotatable bonds is 7. The SMILES string of the molecule is Cc1ccc(C(=O)NCC(=O)NCCOc2cccc3c2OC(C)(C)C3)cc1C. The molecule has 0 aromatic heterocycles. The molecule has 1 heterocycles. The van der Waals surface area contributed by atoms with Crippen molar-refractivity contribution in [3.8, 4) is 11.5 Å². The third-order valence-corrected chi connectivity index (χ3v) is 4.92. The number of carbonyl (C=O) groups excluding carboxylic acids is 2. The summed E-state index contributed by atoms with van der Waals surface area (Å²) in [6, 6.07) is 11.3. The molecule has 0 fully saturated rings. The Balaban J connectivity index is 1.40. The summed E-state index contributed by atoms with van der Waals surface area (Å²) >= 11 is 0. The molecule has 0 unspecified atom stereocenters. The van der Waals surface area contributed by atoms with Gasteiger partial charge in [0.1, 0.15) is 12.2 Å². The zero-order chi connectivity index (χ0) is 21.0. The molecule has 0 saturated heterocycles. The Morgan fingerprint density at radius 2 is 1.90 bits per heavy atom. The van der Waals surface area contributed by atoms with Crippen LogP contribution < -0.4 is 20.1 Å². The van der Waals surface area contributed by atoms with E-state index in [-0.39, 0.29) is 24.0 Å². The highest BCUT2D eigenvalue weighted by atomic mass is 16.5. The number of carbonyl (C=O) groups is 2. The van der Waals surface area contributed by atoms with Crippen LogP contribution >= 0.6 is 0 Å². The molecule has 0 radical (unpaired) electrons. The molecular weight excluding hydrogens is 368 g/mol. The van der Waals surface area contributed by atoms with Crippen molar-refractivity contribution in [3.63, 3.8) is 0 Å². The second kappa shape index (κ2) is 8.55. The maximum absolute atomic E-state index is 12.2. The molecule has 0 atom stereocenters. The van der Waals surface area contributed by atoms with E-state index in [1.165, 1.54) is 0 Å². The molecule has 6 heteroatoms. The number of benzene rings is 2. The molecule has 6 nitrogen and oxygen atoms in total. The van der Waals surface area contributed by atoms with Crippen LogP contribution in [-0.4, -0.2) is 37.1 Å². The van der Waals surface area contributed by atoms with Crippen molar-refractivity contribution in [3.05, 3.63) is 58.7 Å². The fraction of sp³-hybridized carbons (Fsp3) is 0.391. The standard InChI is InChI=1S/C23H28N2O4/c1-15-8-9-17(12-16(15)2)22(27)25-14-20(26)24-10-11-28-19-7-5-6-18-13-23(3,4)29-21(18)19/h5-9,12H,10-11,13-14H2,1-4H3,(H,24,26)(H,25,27). The number of nitrogens with one attached hydrogen (secondary N) is 2. The van der Waals surface area contributed by atoms with Gasteiger partial charge in [0, 0.05) is 17.5 Å². The number of para-hydroxylation sites is 1. The molecule has 1 aliphatic rings. The maximum atomic E-state index is 12.2. The lowest BCUT2D eigenvalue weighted by molar-refractivity contribution is -0.120. The third-order valence-electron chi connectivity index (χ3n) is 4.92. The quantitative estimate of drug-likeness (QED) is 0.706. The number of hydrogen-bond donors (Lipinski definition) is 2. The van der Waals surface area contributed by atoms with Crippen molar-refractivity contribution in [2.45, 2.75) is 39.7 Å². The van der Waals surface area contributed by atoms with Gasteiger partial charge in [-0.3, -0.25) is 9.59 Å². The summed E-state index contributed by atoms with van der Waals surface area (Å²) in [4.78, 5) is 24.1. The minimum absolute atomic E-state index is 0.0796. The molecule has 2 aromatic rings. The van der Waals surface area contributed by atoms with E-state index in [0.717, 1.165) is 28.9 Å². The summed E-state index contributed by atoms with van der Waals surface area (Å²) in [6.07, 6.45) is 0.844. The average molecular weight is 396 g/mol. The summed E-state index contributed by atoms with van der Waals surface area (Å²) in [7, 11) is 0. The first kappa shape index (κ1) is 20.7. The van der Waals surface area contributed by atoms with Crippen LogP contribution in [0.25, 0.3) is 0 Å². The Morgan fingerprint density at radius 1 is 1.10 bits per heavy atom. The second-order valence-electron chi connectivity index (χ2n) is 7.96. The number of aryl methyl sites for hydroxylation is 2. The van der Waals surface area contributed by atoms with Crippen LogP contribution in [0.15, 0.2) is 36.4 Å². The zero-order valence-electron chi connectivity index (χ0n) is 17.4. The summed E-state index contributed by atoms with van der Waals surface area (Å²) in [5.74, 6) is 0.940. The van der Waals surface area contributed by atoms with Gasteiger partial charge in [-0.05, 0) is 57.0 Å². The van der Waals surface area contributed by atoms with E-state index in [4.69, 9.17) is 9.47 Å². The van der Waals surface area contributed by atoms with Crippen LogP contribution in [0.5, 0.6) is 11.5 Å². The van der Waals surface area contributed by atoms with Gasteiger partial charge in [0.05, 0.1) is 13.1 Å². The van der Waals surface area contributed by atoms with Gasteiger partial charge in [0.15, 0.2) is 11.5 Å². The summed E-state index contributed by atoms with van der Waals surface area (Å²) in [5.41, 5.74) is 3.61. The molecule has 29 heavy (non-hydrogen) atoms. The Bertz CT molecular complexity index is 921. The van der Waals surface area contributed by atoms with Crippen molar-refractivity contribution in [2.24, 2.45) is 0 Å². The van der Waals surface area contributed by atoms with Gasteiger partial charge in [0.2, 0.25) is 5.91 Å². The van der Waals surface area contributed by atoms with Gasteiger partial charge in [-0.15, -0.1) is 0 Å². The highest BCUT2D eigenvalue weighted by molar-refractivity contribution is 5.96. The first-order chi connectivity index (χ1) is 13.7. The van der Waals surface area contributed by atoms with E-state index in [9.17, 15) is 9.59 Å². The van der Waals surface area contributed by atoms with E-state index in [1.807, 2.05) is 58.0 Å². The fourth-order valence-electron chi connectivity index (χ4n) is 3.26. The Kier molecular flexibility index (Phi) is 6.11. The summed E-state index contributed by atoms with van der Waals surface area (Å²) < 4.78 is 11.8. The fourth-order valence-corrected chi connectivity index (χ4v) is 3.26. The topological polar surface area (TPSA) is 76.7 Å². The van der Waals surface area contributed by atoms with Crippen molar-refractivity contribution >= 4 is 11.8 Å². The first-order valence-electron chi connectivity index (χ1n) is 9.81. The van der Waals surface area contributed by atoms with E-state index in [1.54, 1.807) is 6.07 Å². The Hall–Kier alpha value is -3.02. The van der Waals surface area contributed by atoms with Crippen molar-refractivity contribution in [1.29, 1.82) is 0 Å². The second-order valence-corrected chi connectivity index (χ2v) is 7.96. The van der Waals surface area contributed by atoms with Gasteiger partial charge in [-0.1, -0.05) is 18.2 Å². The molecule has 0 saturated carbocycles. The third kappa shape index (κ3) is 5.28. The predicted octanol–water partition coefficient (Wildman–Crippen LogP) is 2.94. The number of ether oxygens (including phenoxy) is 2. The molecule has 3 rings (SSSR count). The summed E-state index contributed by atoms with van der Waals surface area (Å²) in [5, 5.41) is 5.38. The van der Waals surface area contributed by atoms with Gasteiger partial charge in [0.25, 0.3) is 5.91 Å². The van der Waals surface area contributed by atoms with Gasteiger partial charge in [-0.25, -0.2) is 0 Å². The largest absolute Gasteiger partial charge is 0.488 e. The van der Waals surface area contributed by atoms with E-state index in [0.29, 0.717) is 24.5 Å². The van der Waals surface area contributed by atoms with Crippen molar-refractivity contribution < 1.29 is 19.1 Å². The van der Waals surface area contributed by atoms with Crippen LogP contribution in [0.4, 0.5) is 0 Å². The highest BCUT2D eigenvalue weighted by Crippen LogP contribution is 2.41. The van der Waals surface area contributed by atoms with Crippen molar-refractivity contribution in [2.75, 3.05) is 19.7 Å². The lowest BCUT2D eigenvalue weighted by atomic mass is 10.0. The summed E-state index contributed by atoms with van der Waals surface area (Å²) in [6.45, 7) is 8.61. The van der Waals surface area contributed by atoms with Gasteiger partial charge < -0.3 is 20.1 Å². The molecule has 0 spiro atoms. The lowest BCUT2D eigenvalue weighted by Gasteiger charge is -2.18. The Labute approximate surface area is 171 Å². The molecule has 2 amide bonds. The molecule has 1 aliphatic heterocycles. The zero-order valence-corrected chi connectivity index (χ0v) is 17.4. The minimum Gasteiger partial charge on any atom is -0.488 e. The number of fused-ring (bicyclic) bond motifs is 1. The van der Waals surface area contributed by atoms with Crippen LogP contribution in [-0.2, 0) is 11.2 Å². The van der Waals surface area contributed by atoms with E-state index in [2.05, 4.69) is 10.6 Å². The Morgan fingerprint density at radius 3 is 2.66 bits per heavy atom. The number of hydrogen-bond acceptors (Lipinski definition) is 4. The highest BCUT2D eigenvalue weighted by Gasteiger charge is 2.32. The molecule has 2 aromatic carbocycles. The molecular formula is C23H28N2O4. The molecule has 0 aliphatic carbocycles. The maximum Gasteiger partial charge on any atom is 0.251 e. The first-order valence-corrected chi connectivity index (χ1v) is 9.81. The van der Waals surface area contributed by atoms with Crippen LogP contribution in [0.3, 0.4) is 0 Å². The van der Waals surface area contributed by atoms with E-state index >= 15 is 0 Å². The van der Waals surface area contributed by atoms with Gasteiger partial charge >= 0.3 is 0 Å². The monoisotopic (exact) mass is 396 g/mol. The van der Waals surface area contributed by atoms with E-state index < -0.39 is 0 Å². The van der Waals surface area contributed by atoms with Crippen molar-refractivity contribution in [1.82, 2.24) is 10.6 Å². The van der Waals surface area contributed by atoms with Crippen LogP contribution in [0.1, 0.15) is 40.9 Å². The predicted molar refractivity (Wildman–Crippen MR) is 112 cm³/mol. The number of amides is 2. The molecule has 2 N–H and O–H groups in total. The minimum atomic E-state index is -0.265. The lowest BCUT2D eigenvalue weighted by Crippen LogP contribution is -2.38. The smallest absolute Gasteiger partial charge is 0.251 e. The average Bonchev–Trinajstić information content (AvgIpc) is 3.00. The molecule has 0 bridgehead atoms.